The van der Waals surface area contributed by atoms with E-state index in [4.69, 9.17) is 0 Å². The molecule has 13 heavy (non-hydrogen) atoms. The molecule has 0 aromatic carbocycles. The van der Waals surface area contributed by atoms with Gasteiger partial charge < -0.3 is 0 Å². The summed E-state index contributed by atoms with van der Waals surface area (Å²) in [6.07, 6.45) is 5.54. The molecule has 0 nitrogen and oxygen atoms in total. The van der Waals surface area contributed by atoms with Crippen LogP contribution in [0.2, 0.25) is 9.02 Å². The Morgan fingerprint density at radius 3 is 1.15 bits per heavy atom. The summed E-state index contributed by atoms with van der Waals surface area (Å²) in [6.45, 7) is 13.9. The SMILES string of the molecule is CCCCCC.C[CH](C)[Zn][CH](C)C. The molecule has 0 amide bonds. The summed E-state index contributed by atoms with van der Waals surface area (Å²) >= 11 is -0.0972. The van der Waals surface area contributed by atoms with Gasteiger partial charge in [0.25, 0.3) is 0 Å². The Labute approximate surface area is 93.5 Å². The van der Waals surface area contributed by atoms with Gasteiger partial charge in [0.05, 0.1) is 0 Å². The summed E-state index contributed by atoms with van der Waals surface area (Å²) in [5.41, 5.74) is 0. The van der Waals surface area contributed by atoms with E-state index in [0.717, 1.165) is 9.02 Å². The summed E-state index contributed by atoms with van der Waals surface area (Å²) < 4.78 is 2.12. The molecule has 78 valence electrons. The van der Waals surface area contributed by atoms with Crippen molar-refractivity contribution in [3.05, 3.63) is 0 Å². The van der Waals surface area contributed by atoms with Gasteiger partial charge in [0.1, 0.15) is 0 Å². The molecule has 0 aliphatic heterocycles. The van der Waals surface area contributed by atoms with Gasteiger partial charge >= 0.3 is 53.8 Å². The zero-order valence-electron chi connectivity index (χ0n) is 10.7. The van der Waals surface area contributed by atoms with Crippen LogP contribution in [0.25, 0.3) is 0 Å². The van der Waals surface area contributed by atoms with E-state index < -0.39 is 0 Å². The van der Waals surface area contributed by atoms with Crippen molar-refractivity contribution in [1.29, 1.82) is 0 Å². The van der Waals surface area contributed by atoms with Crippen molar-refractivity contribution in [2.45, 2.75) is 76.3 Å². The Morgan fingerprint density at radius 2 is 1.08 bits per heavy atom. The third-order valence-corrected chi connectivity index (χ3v) is 5.86. The first-order valence-electron chi connectivity index (χ1n) is 6.04. The molecule has 0 N–H and O–H groups in total. The van der Waals surface area contributed by atoms with Crippen LogP contribution in [0.3, 0.4) is 0 Å². The number of hydrogen-bond donors (Lipinski definition) is 0. The fourth-order valence-corrected chi connectivity index (χ4v) is 5.40. The summed E-state index contributed by atoms with van der Waals surface area (Å²) in [4.78, 5) is 0. The molecular formula is C12H28Zn. The van der Waals surface area contributed by atoms with E-state index in [1.807, 2.05) is 0 Å². The van der Waals surface area contributed by atoms with Gasteiger partial charge in [-0.1, -0.05) is 39.5 Å². The van der Waals surface area contributed by atoms with Crippen LogP contribution >= 0.6 is 0 Å². The first-order chi connectivity index (χ1) is 6.04. The third kappa shape index (κ3) is 24.5. The minimum absolute atomic E-state index is 0.0972. The monoisotopic (exact) mass is 236 g/mol. The minimum atomic E-state index is -0.0972. The summed E-state index contributed by atoms with van der Waals surface area (Å²) in [5.74, 6) is 0. The molecular weight excluding hydrogens is 210 g/mol. The second kappa shape index (κ2) is 12.6. The van der Waals surface area contributed by atoms with E-state index >= 15 is 0 Å². The van der Waals surface area contributed by atoms with Gasteiger partial charge in [0.15, 0.2) is 0 Å². The topological polar surface area (TPSA) is 0 Å². The van der Waals surface area contributed by atoms with E-state index in [1.54, 1.807) is 0 Å². The van der Waals surface area contributed by atoms with Crippen LogP contribution in [0.1, 0.15) is 67.2 Å². The molecule has 0 aromatic rings. The second-order valence-corrected chi connectivity index (χ2v) is 12.6. The summed E-state index contributed by atoms with van der Waals surface area (Å²) in [7, 11) is 0. The quantitative estimate of drug-likeness (QED) is 0.449. The molecule has 1 heteroatoms. The Balaban J connectivity index is 0. The van der Waals surface area contributed by atoms with Gasteiger partial charge in [0, 0.05) is 0 Å². The Bertz CT molecular complexity index is 67.2. The predicted molar refractivity (Wildman–Crippen MR) is 60.0 cm³/mol. The standard InChI is InChI=1S/C6H14.2C3H7.Zn/c1-3-5-6-4-2;2*1-3-2;/h3-6H2,1-2H3;2*3H,1-2H3;. The van der Waals surface area contributed by atoms with E-state index in [2.05, 4.69) is 41.5 Å². The van der Waals surface area contributed by atoms with Gasteiger partial charge in [-0.3, -0.25) is 0 Å². The van der Waals surface area contributed by atoms with Crippen LogP contribution in [-0.4, -0.2) is 0 Å². The molecule has 0 heterocycles. The van der Waals surface area contributed by atoms with Crippen LogP contribution in [0.5, 0.6) is 0 Å². The molecule has 0 atom stereocenters. The average Bonchev–Trinajstić information content (AvgIpc) is 1.99. The molecule has 0 saturated carbocycles. The van der Waals surface area contributed by atoms with Crippen LogP contribution in [0.15, 0.2) is 0 Å². The maximum absolute atomic E-state index is 2.35. The first kappa shape index (κ1) is 16.1. The molecule has 0 spiro atoms. The number of unbranched alkanes of at least 4 members (excludes halogenated alkanes) is 3. The van der Waals surface area contributed by atoms with Gasteiger partial charge in [-0.05, 0) is 0 Å². The van der Waals surface area contributed by atoms with Crippen LogP contribution < -0.4 is 0 Å². The molecule has 0 aliphatic carbocycles. The van der Waals surface area contributed by atoms with E-state index in [0.29, 0.717) is 0 Å². The second-order valence-electron chi connectivity index (χ2n) is 4.73. The van der Waals surface area contributed by atoms with Crippen molar-refractivity contribution in [2.75, 3.05) is 0 Å². The van der Waals surface area contributed by atoms with Crippen molar-refractivity contribution in [1.82, 2.24) is 0 Å². The maximum atomic E-state index is 2.35. The Hall–Kier alpha value is 0.623. The van der Waals surface area contributed by atoms with E-state index in [-0.39, 0.29) is 17.1 Å². The van der Waals surface area contributed by atoms with Crippen molar-refractivity contribution in [3.8, 4) is 0 Å². The van der Waals surface area contributed by atoms with Crippen LogP contribution in [0.4, 0.5) is 0 Å². The van der Waals surface area contributed by atoms with Gasteiger partial charge in [-0.25, -0.2) is 0 Å². The average molecular weight is 238 g/mol. The molecule has 0 aliphatic rings. The summed E-state index contributed by atoms with van der Waals surface area (Å²) in [6, 6.07) is 0. The van der Waals surface area contributed by atoms with Gasteiger partial charge in [-0.15, -0.1) is 0 Å². The van der Waals surface area contributed by atoms with Crippen molar-refractivity contribution < 1.29 is 17.1 Å². The zero-order valence-corrected chi connectivity index (χ0v) is 13.7. The van der Waals surface area contributed by atoms with Crippen molar-refractivity contribution >= 4 is 0 Å². The normalized spacial score (nSPS) is 9.54. The first-order valence-corrected chi connectivity index (χ1v) is 9.47. The molecule has 0 aromatic heterocycles. The number of hydrogen-bond acceptors (Lipinski definition) is 0. The molecule has 0 fully saturated rings. The Morgan fingerprint density at radius 1 is 0.769 bits per heavy atom. The summed E-state index contributed by atoms with van der Waals surface area (Å²) in [5, 5.41) is 0. The van der Waals surface area contributed by atoms with Crippen LogP contribution in [0, 0.1) is 0 Å². The number of rotatable bonds is 5. The van der Waals surface area contributed by atoms with E-state index in [9.17, 15) is 0 Å². The Kier molecular flexibility index (Phi) is 15.6. The fourth-order valence-electron chi connectivity index (χ4n) is 1.44. The van der Waals surface area contributed by atoms with Crippen LogP contribution in [-0.2, 0) is 17.1 Å². The molecule has 0 unspecified atom stereocenters. The molecule has 0 radical (unpaired) electrons. The zero-order chi connectivity index (χ0) is 10.7. The van der Waals surface area contributed by atoms with Crippen molar-refractivity contribution in [3.63, 3.8) is 0 Å². The molecule has 0 bridgehead atoms. The predicted octanol–water partition coefficient (Wildman–Crippen LogP) is 5.31. The van der Waals surface area contributed by atoms with Gasteiger partial charge in [-0.2, -0.15) is 0 Å². The van der Waals surface area contributed by atoms with Crippen molar-refractivity contribution in [2.24, 2.45) is 0 Å². The third-order valence-electron chi connectivity index (χ3n) is 1.90. The van der Waals surface area contributed by atoms with Gasteiger partial charge in [0.2, 0.25) is 0 Å². The van der Waals surface area contributed by atoms with E-state index in [1.165, 1.54) is 25.7 Å². The molecule has 0 saturated heterocycles. The molecule has 0 rings (SSSR count). The fraction of sp³-hybridized carbons (Fsp3) is 1.00.